The van der Waals surface area contributed by atoms with Crippen LogP contribution >= 0.6 is 0 Å². The molecule has 0 radical (unpaired) electrons. The highest BCUT2D eigenvalue weighted by Crippen LogP contribution is 2.39. The van der Waals surface area contributed by atoms with Crippen molar-refractivity contribution < 1.29 is 14.0 Å². The Labute approximate surface area is 163 Å². The third-order valence-corrected chi connectivity index (χ3v) is 6.59. The van der Waals surface area contributed by atoms with E-state index in [0.717, 1.165) is 32.1 Å². The van der Waals surface area contributed by atoms with Crippen molar-refractivity contribution in [3.8, 4) is 0 Å². The number of nitrogens with zero attached hydrogens (tertiary/aromatic N) is 1. The third kappa shape index (κ3) is 2.89. The predicted molar refractivity (Wildman–Crippen MR) is 103 cm³/mol. The van der Waals surface area contributed by atoms with E-state index in [1.54, 1.807) is 12.1 Å². The Kier molecular flexibility index (Phi) is 4.18. The first-order valence-corrected chi connectivity index (χ1v) is 10.1. The third-order valence-electron chi connectivity index (χ3n) is 6.59. The summed E-state index contributed by atoms with van der Waals surface area (Å²) >= 11 is 0. The molecule has 5 heteroatoms. The van der Waals surface area contributed by atoms with Crippen molar-refractivity contribution in [2.24, 2.45) is 5.92 Å². The summed E-state index contributed by atoms with van der Waals surface area (Å²) in [4.78, 5) is 27.7. The van der Waals surface area contributed by atoms with Crippen molar-refractivity contribution in [1.29, 1.82) is 0 Å². The van der Waals surface area contributed by atoms with Gasteiger partial charge in [-0.2, -0.15) is 0 Å². The number of amides is 2. The Balaban J connectivity index is 1.27. The van der Waals surface area contributed by atoms with E-state index in [9.17, 15) is 14.0 Å². The fourth-order valence-electron chi connectivity index (χ4n) is 5.28. The molecule has 2 saturated heterocycles. The molecule has 0 saturated carbocycles. The summed E-state index contributed by atoms with van der Waals surface area (Å²) in [6.07, 6.45) is 4.20. The van der Waals surface area contributed by atoms with E-state index in [-0.39, 0.29) is 35.9 Å². The zero-order chi connectivity index (χ0) is 19.3. The van der Waals surface area contributed by atoms with Crippen LogP contribution in [-0.4, -0.2) is 34.8 Å². The number of fused-ring (bicyclic) bond motifs is 3. The van der Waals surface area contributed by atoms with Crippen LogP contribution < -0.4 is 5.32 Å². The average Bonchev–Trinajstić information content (AvgIpc) is 3.39. The van der Waals surface area contributed by atoms with E-state index in [4.69, 9.17) is 0 Å². The highest BCUT2D eigenvalue weighted by Gasteiger charge is 2.49. The van der Waals surface area contributed by atoms with Gasteiger partial charge in [0.1, 0.15) is 5.82 Å². The molecular weight excluding hydrogens is 355 g/mol. The van der Waals surface area contributed by atoms with Crippen molar-refractivity contribution >= 4 is 11.8 Å². The number of nitrogens with one attached hydrogen (secondary N) is 1. The van der Waals surface area contributed by atoms with Crippen LogP contribution in [0.3, 0.4) is 0 Å². The first kappa shape index (κ1) is 17.4. The second kappa shape index (κ2) is 6.73. The molecule has 2 aliphatic heterocycles. The molecule has 0 spiro atoms. The summed E-state index contributed by atoms with van der Waals surface area (Å²) in [5.41, 5.74) is 2.91. The van der Waals surface area contributed by atoms with Crippen LogP contribution in [0.4, 0.5) is 4.39 Å². The maximum absolute atomic E-state index is 13.5. The van der Waals surface area contributed by atoms with Gasteiger partial charge in [-0.3, -0.25) is 9.59 Å². The maximum Gasteiger partial charge on any atom is 0.254 e. The van der Waals surface area contributed by atoms with Crippen LogP contribution in [0.25, 0.3) is 0 Å². The van der Waals surface area contributed by atoms with Gasteiger partial charge in [-0.05, 0) is 61.4 Å². The summed E-state index contributed by atoms with van der Waals surface area (Å²) in [6.45, 7) is 0. The van der Waals surface area contributed by atoms with Crippen LogP contribution in [0.1, 0.15) is 40.7 Å². The lowest BCUT2D eigenvalue weighted by Gasteiger charge is -2.26. The zero-order valence-electron chi connectivity index (χ0n) is 15.6. The molecule has 3 aliphatic rings. The van der Waals surface area contributed by atoms with E-state index >= 15 is 0 Å². The lowest BCUT2D eigenvalue weighted by Crippen LogP contribution is -2.47. The first-order chi connectivity index (χ1) is 13.6. The van der Waals surface area contributed by atoms with Gasteiger partial charge in [-0.1, -0.05) is 30.3 Å². The maximum atomic E-state index is 13.5. The summed E-state index contributed by atoms with van der Waals surface area (Å²) in [5.74, 6) is -0.462. The molecule has 0 aromatic heterocycles. The second-order valence-corrected chi connectivity index (χ2v) is 8.25. The number of rotatable bonds is 3. The fourth-order valence-corrected chi connectivity index (χ4v) is 5.28. The van der Waals surface area contributed by atoms with Crippen LogP contribution in [0.5, 0.6) is 0 Å². The van der Waals surface area contributed by atoms with Gasteiger partial charge in [0.2, 0.25) is 5.91 Å². The monoisotopic (exact) mass is 378 g/mol. The predicted octanol–water partition coefficient (Wildman–Crippen LogP) is 3.10. The Bertz CT molecular complexity index is 919. The van der Waals surface area contributed by atoms with Crippen LogP contribution in [0.15, 0.2) is 48.5 Å². The van der Waals surface area contributed by atoms with Gasteiger partial charge in [0, 0.05) is 17.5 Å². The van der Waals surface area contributed by atoms with Crippen LogP contribution in [0.2, 0.25) is 0 Å². The quantitative estimate of drug-likeness (QED) is 0.892. The fraction of sp³-hybridized carbons (Fsp3) is 0.391. The average molecular weight is 378 g/mol. The van der Waals surface area contributed by atoms with E-state index in [1.165, 1.54) is 23.3 Å². The number of hydrogen-bond donors (Lipinski definition) is 1. The minimum absolute atomic E-state index is 0.00697. The summed E-state index contributed by atoms with van der Waals surface area (Å²) in [5, 5.41) is 3.23. The zero-order valence-corrected chi connectivity index (χ0v) is 15.6. The van der Waals surface area contributed by atoms with Crippen molar-refractivity contribution in [2.45, 2.75) is 50.2 Å². The minimum atomic E-state index is -0.400. The number of hydrogen-bond acceptors (Lipinski definition) is 2. The lowest BCUT2D eigenvalue weighted by atomic mass is 9.94. The molecule has 2 heterocycles. The Morgan fingerprint density at radius 1 is 1.00 bits per heavy atom. The van der Waals surface area contributed by atoms with Gasteiger partial charge >= 0.3 is 0 Å². The van der Waals surface area contributed by atoms with E-state index in [0.29, 0.717) is 5.56 Å². The largest absolute Gasteiger partial charge is 0.351 e. The lowest BCUT2D eigenvalue weighted by molar-refractivity contribution is -0.125. The van der Waals surface area contributed by atoms with Gasteiger partial charge in [0.05, 0.1) is 12.1 Å². The highest BCUT2D eigenvalue weighted by atomic mass is 19.1. The molecule has 4 nitrogen and oxygen atoms in total. The Hall–Kier alpha value is -2.69. The molecule has 5 rings (SSSR count). The molecule has 144 valence electrons. The molecule has 2 amide bonds. The molecule has 2 fully saturated rings. The van der Waals surface area contributed by atoms with Crippen LogP contribution in [0, 0.1) is 11.7 Å². The molecule has 2 bridgehead atoms. The Morgan fingerprint density at radius 2 is 1.75 bits per heavy atom. The Morgan fingerprint density at radius 3 is 2.46 bits per heavy atom. The standard InChI is InChI=1S/C23H23FN2O2/c24-18-7-3-6-16(12-18)23(28)26-19-8-9-21(26)20(13-19)25-22(27)17-10-14-4-1-2-5-15(14)11-17/h1-7,12,17,19-21H,8-11,13H2,(H,25,27)/t19-,20-,21+/m1/s1. The smallest absolute Gasteiger partial charge is 0.254 e. The molecule has 1 N–H and O–H groups in total. The van der Waals surface area contributed by atoms with Gasteiger partial charge < -0.3 is 10.2 Å². The van der Waals surface area contributed by atoms with E-state index in [2.05, 4.69) is 17.4 Å². The number of carbonyl (C=O) groups excluding carboxylic acids is 2. The van der Waals surface area contributed by atoms with Crippen molar-refractivity contribution in [3.63, 3.8) is 0 Å². The van der Waals surface area contributed by atoms with Gasteiger partial charge in [-0.25, -0.2) is 4.39 Å². The molecule has 28 heavy (non-hydrogen) atoms. The second-order valence-electron chi connectivity index (χ2n) is 8.25. The molecule has 2 aromatic carbocycles. The summed E-state index contributed by atoms with van der Waals surface area (Å²) in [7, 11) is 0. The van der Waals surface area contributed by atoms with Gasteiger partial charge in [0.25, 0.3) is 5.91 Å². The first-order valence-electron chi connectivity index (χ1n) is 10.1. The molecule has 2 aromatic rings. The number of benzene rings is 2. The van der Waals surface area contributed by atoms with E-state index in [1.807, 2.05) is 17.0 Å². The van der Waals surface area contributed by atoms with Crippen molar-refractivity contribution in [3.05, 3.63) is 71.0 Å². The van der Waals surface area contributed by atoms with Gasteiger partial charge in [0.15, 0.2) is 0 Å². The minimum Gasteiger partial charge on any atom is -0.351 e. The molecule has 3 atom stereocenters. The summed E-state index contributed by atoms with van der Waals surface area (Å²) < 4.78 is 13.5. The van der Waals surface area contributed by atoms with Gasteiger partial charge in [-0.15, -0.1) is 0 Å². The van der Waals surface area contributed by atoms with Crippen molar-refractivity contribution in [2.75, 3.05) is 0 Å². The van der Waals surface area contributed by atoms with E-state index < -0.39 is 5.82 Å². The van der Waals surface area contributed by atoms with Crippen molar-refractivity contribution in [1.82, 2.24) is 10.2 Å². The summed E-state index contributed by atoms with van der Waals surface area (Å²) in [6, 6.07) is 14.2. The number of halogens is 1. The molecule has 0 unspecified atom stereocenters. The highest BCUT2D eigenvalue weighted by molar-refractivity contribution is 5.95. The molecular formula is C23H23FN2O2. The topological polar surface area (TPSA) is 49.4 Å². The SMILES string of the molecule is O=C(N[C@@H]1C[C@H]2CC[C@@H]1N2C(=O)c1cccc(F)c1)C1Cc2ccccc2C1. The number of carbonyl (C=O) groups is 2. The molecule has 1 aliphatic carbocycles. The van der Waals surface area contributed by atoms with Crippen LogP contribution in [-0.2, 0) is 17.6 Å². The normalized spacial score (nSPS) is 25.8.